The van der Waals surface area contributed by atoms with Gasteiger partial charge in [-0.3, -0.25) is 0 Å². The number of hydrogen-bond donors (Lipinski definition) is 0. The number of anilines is 3. The molecule has 0 saturated heterocycles. The molecule has 2 aliphatic carbocycles. The van der Waals surface area contributed by atoms with Crippen molar-refractivity contribution in [3.8, 4) is 33.4 Å². The fourth-order valence-corrected chi connectivity index (χ4v) is 10.8. The lowest BCUT2D eigenvalue weighted by Crippen LogP contribution is -2.23. The first-order chi connectivity index (χ1) is 30.0. The first-order valence-electron chi connectivity index (χ1n) is 23.6. The molecule has 9 rings (SSSR count). The van der Waals surface area contributed by atoms with Crippen LogP contribution in [0.25, 0.3) is 33.4 Å². The van der Waals surface area contributed by atoms with Crippen LogP contribution in [0, 0.1) is 0 Å². The Kier molecular flexibility index (Phi) is 10.9. The van der Waals surface area contributed by atoms with Gasteiger partial charge in [0.25, 0.3) is 0 Å². The standard InChI is InChI=1S/C62H67N/c1-59(2,3)47-39-55(60(4,5)6)58(56(40-47)61(7,8)9)45-31-35-48(36-32-45)63(57-28-20-18-25-50(57)44-23-15-12-16-24-44)49-37-38-52-51-26-17-19-27-53(51)62(10,54(52)41-49)46-33-29-43(30-34-46)42-21-13-11-14-22-42/h12,15-20,23-42H,11,13-14,21-22H2,1-10H3. The average Bonchev–Trinajstić information content (AvgIpc) is 3.54. The third-order valence-electron chi connectivity index (χ3n) is 14.4. The van der Waals surface area contributed by atoms with Gasteiger partial charge in [-0.2, -0.15) is 0 Å². The summed E-state index contributed by atoms with van der Waals surface area (Å²) in [6.45, 7) is 23.7. The summed E-state index contributed by atoms with van der Waals surface area (Å²) in [6, 6.07) is 60.4. The molecule has 320 valence electrons. The predicted octanol–water partition coefficient (Wildman–Crippen LogP) is 17.8. The number of hydrogen-bond acceptors (Lipinski definition) is 1. The van der Waals surface area contributed by atoms with Crippen LogP contribution in [0.1, 0.15) is 146 Å². The van der Waals surface area contributed by atoms with Gasteiger partial charge in [0.15, 0.2) is 0 Å². The first-order valence-corrected chi connectivity index (χ1v) is 23.6. The Bertz CT molecular complexity index is 2710. The lowest BCUT2D eigenvalue weighted by atomic mass is 9.71. The van der Waals surface area contributed by atoms with Gasteiger partial charge in [-0.05, 0) is 139 Å². The van der Waals surface area contributed by atoms with Crippen molar-refractivity contribution in [2.45, 2.75) is 129 Å². The Balaban J connectivity index is 1.22. The Morgan fingerprint density at radius 1 is 0.460 bits per heavy atom. The van der Waals surface area contributed by atoms with E-state index in [1.165, 1.54) is 104 Å². The van der Waals surface area contributed by atoms with Gasteiger partial charge in [-0.25, -0.2) is 0 Å². The maximum Gasteiger partial charge on any atom is 0.0540 e. The van der Waals surface area contributed by atoms with Crippen LogP contribution in [0.4, 0.5) is 17.1 Å². The van der Waals surface area contributed by atoms with E-state index >= 15 is 0 Å². The van der Waals surface area contributed by atoms with Gasteiger partial charge in [0.2, 0.25) is 0 Å². The monoisotopic (exact) mass is 826 g/mol. The van der Waals surface area contributed by atoms with Crippen molar-refractivity contribution in [3.63, 3.8) is 0 Å². The van der Waals surface area contributed by atoms with Crippen molar-refractivity contribution >= 4 is 17.1 Å². The highest BCUT2D eigenvalue weighted by atomic mass is 15.1. The second kappa shape index (κ2) is 16.2. The van der Waals surface area contributed by atoms with E-state index in [9.17, 15) is 0 Å². The Morgan fingerprint density at radius 2 is 1.02 bits per heavy atom. The maximum atomic E-state index is 2.50. The summed E-state index contributed by atoms with van der Waals surface area (Å²) >= 11 is 0. The Hall–Kier alpha value is -5.66. The number of para-hydroxylation sites is 1. The molecule has 2 aliphatic rings. The summed E-state index contributed by atoms with van der Waals surface area (Å²) in [5.74, 6) is 0.683. The van der Waals surface area contributed by atoms with Crippen molar-refractivity contribution in [3.05, 3.63) is 197 Å². The molecule has 1 saturated carbocycles. The van der Waals surface area contributed by atoms with Crippen molar-refractivity contribution < 1.29 is 0 Å². The van der Waals surface area contributed by atoms with Crippen LogP contribution in [-0.2, 0) is 21.7 Å². The summed E-state index contributed by atoms with van der Waals surface area (Å²) in [6.07, 6.45) is 6.69. The van der Waals surface area contributed by atoms with E-state index in [0.717, 1.165) is 17.1 Å². The molecule has 0 N–H and O–H groups in total. The molecule has 0 spiro atoms. The van der Waals surface area contributed by atoms with Crippen molar-refractivity contribution in [1.29, 1.82) is 0 Å². The van der Waals surface area contributed by atoms with Crippen LogP contribution in [0.15, 0.2) is 158 Å². The van der Waals surface area contributed by atoms with Crippen LogP contribution < -0.4 is 4.90 Å². The topological polar surface area (TPSA) is 3.24 Å². The molecule has 0 aliphatic heterocycles. The van der Waals surface area contributed by atoms with Crippen molar-refractivity contribution in [1.82, 2.24) is 0 Å². The lowest BCUT2D eigenvalue weighted by molar-refractivity contribution is 0.443. The minimum Gasteiger partial charge on any atom is -0.310 e. The second-order valence-electron chi connectivity index (χ2n) is 21.8. The smallest absolute Gasteiger partial charge is 0.0540 e. The van der Waals surface area contributed by atoms with Crippen molar-refractivity contribution in [2.24, 2.45) is 0 Å². The summed E-state index contributed by atoms with van der Waals surface area (Å²) in [5, 5.41) is 0. The first kappa shape index (κ1) is 42.6. The van der Waals surface area contributed by atoms with Crippen LogP contribution >= 0.6 is 0 Å². The highest BCUT2D eigenvalue weighted by molar-refractivity contribution is 5.91. The molecule has 0 amide bonds. The van der Waals surface area contributed by atoms with Gasteiger partial charge < -0.3 is 4.90 Å². The summed E-state index contributed by atoms with van der Waals surface area (Å²) < 4.78 is 0. The van der Waals surface area contributed by atoms with E-state index in [4.69, 9.17) is 0 Å². The molecule has 0 radical (unpaired) electrons. The van der Waals surface area contributed by atoms with Crippen LogP contribution in [0.2, 0.25) is 0 Å². The molecular weight excluding hydrogens is 759 g/mol. The maximum absolute atomic E-state index is 2.50. The zero-order chi connectivity index (χ0) is 44.3. The summed E-state index contributed by atoms with van der Waals surface area (Å²) in [7, 11) is 0. The number of fused-ring (bicyclic) bond motifs is 3. The fourth-order valence-electron chi connectivity index (χ4n) is 10.8. The third kappa shape index (κ3) is 7.88. The van der Waals surface area contributed by atoms with Gasteiger partial charge >= 0.3 is 0 Å². The van der Waals surface area contributed by atoms with E-state index < -0.39 is 0 Å². The van der Waals surface area contributed by atoms with Gasteiger partial charge in [0.05, 0.1) is 5.69 Å². The molecule has 1 unspecified atom stereocenters. The molecule has 1 fully saturated rings. The van der Waals surface area contributed by atoms with E-state index in [2.05, 4.69) is 232 Å². The molecular formula is C62H67N. The fraction of sp³-hybridized carbons (Fsp3) is 0.323. The minimum absolute atomic E-state index is 0.0409. The van der Waals surface area contributed by atoms with E-state index in [0.29, 0.717) is 5.92 Å². The highest BCUT2D eigenvalue weighted by Crippen LogP contribution is 2.55. The van der Waals surface area contributed by atoms with E-state index in [1.54, 1.807) is 0 Å². The molecule has 0 heterocycles. The van der Waals surface area contributed by atoms with Crippen LogP contribution in [-0.4, -0.2) is 0 Å². The van der Waals surface area contributed by atoms with E-state index in [-0.39, 0.29) is 21.7 Å². The quantitative estimate of drug-likeness (QED) is 0.155. The SMILES string of the molecule is CC(C)(C)c1cc(C(C)(C)C)c(-c2ccc(N(c3ccc4c(c3)C(C)(c3ccc(C5CCCCC5)cc3)c3ccccc3-4)c3ccccc3-c3ccccc3)cc2)c(C(C)(C)C)c1. The molecule has 7 aromatic carbocycles. The highest BCUT2D eigenvalue weighted by Gasteiger charge is 2.41. The molecule has 63 heavy (non-hydrogen) atoms. The van der Waals surface area contributed by atoms with Gasteiger partial charge in [0, 0.05) is 22.4 Å². The second-order valence-corrected chi connectivity index (χ2v) is 21.8. The van der Waals surface area contributed by atoms with Crippen LogP contribution in [0.5, 0.6) is 0 Å². The lowest BCUT2D eigenvalue weighted by Gasteiger charge is -2.34. The predicted molar refractivity (Wildman–Crippen MR) is 271 cm³/mol. The minimum atomic E-state index is -0.312. The van der Waals surface area contributed by atoms with Gasteiger partial charge in [-0.1, -0.05) is 209 Å². The third-order valence-corrected chi connectivity index (χ3v) is 14.4. The molecule has 1 nitrogen and oxygen atoms in total. The van der Waals surface area contributed by atoms with Crippen LogP contribution in [0.3, 0.4) is 0 Å². The zero-order valence-electron chi connectivity index (χ0n) is 39.6. The summed E-state index contributed by atoms with van der Waals surface area (Å²) in [5.41, 5.74) is 20.6. The molecule has 1 heteroatoms. The number of nitrogens with zero attached hydrogens (tertiary/aromatic N) is 1. The van der Waals surface area contributed by atoms with Gasteiger partial charge in [-0.15, -0.1) is 0 Å². The summed E-state index contributed by atoms with van der Waals surface area (Å²) in [4.78, 5) is 2.50. The molecule has 0 bridgehead atoms. The van der Waals surface area contributed by atoms with Crippen molar-refractivity contribution in [2.75, 3.05) is 4.90 Å². The molecule has 7 aromatic rings. The molecule has 1 atom stereocenters. The molecule has 0 aromatic heterocycles. The zero-order valence-corrected chi connectivity index (χ0v) is 39.6. The largest absolute Gasteiger partial charge is 0.310 e. The average molecular weight is 826 g/mol. The Labute approximate surface area is 379 Å². The Morgan fingerprint density at radius 3 is 1.63 bits per heavy atom. The number of rotatable bonds is 7. The van der Waals surface area contributed by atoms with E-state index in [1.807, 2.05) is 0 Å². The number of benzene rings is 7. The van der Waals surface area contributed by atoms with Gasteiger partial charge in [0.1, 0.15) is 0 Å². The normalized spacial score (nSPS) is 16.7.